The molecular formula is C18H21ClF3N5O3. The summed E-state index contributed by atoms with van der Waals surface area (Å²) in [5.74, 6) is -1.42. The fourth-order valence-electron chi connectivity index (χ4n) is 3.42. The first-order chi connectivity index (χ1) is 14.1. The fourth-order valence-corrected chi connectivity index (χ4v) is 3.66. The second-order valence-electron chi connectivity index (χ2n) is 7.16. The predicted molar refractivity (Wildman–Crippen MR) is 104 cm³/mol. The molecule has 12 heteroatoms. The molecule has 30 heavy (non-hydrogen) atoms. The zero-order chi connectivity index (χ0) is 21.9. The molecule has 1 unspecified atom stereocenters. The van der Waals surface area contributed by atoms with Crippen LogP contribution < -0.4 is 21.3 Å². The lowest BCUT2D eigenvalue weighted by atomic mass is 10.1. The third kappa shape index (κ3) is 5.83. The normalized spacial score (nSPS) is 23.1. The average Bonchev–Trinajstić information content (AvgIpc) is 2.63. The van der Waals surface area contributed by atoms with E-state index in [0.717, 1.165) is 4.90 Å². The minimum atomic E-state index is -4.44. The molecule has 0 radical (unpaired) electrons. The van der Waals surface area contributed by atoms with Gasteiger partial charge in [0.2, 0.25) is 17.7 Å². The van der Waals surface area contributed by atoms with Crippen molar-refractivity contribution in [2.24, 2.45) is 0 Å². The first-order valence-corrected chi connectivity index (χ1v) is 9.72. The number of halogens is 4. The smallest absolute Gasteiger partial charge is 0.374 e. The number of rotatable bonds is 5. The van der Waals surface area contributed by atoms with Gasteiger partial charge in [-0.05, 0) is 24.6 Å². The first-order valence-electron chi connectivity index (χ1n) is 9.34. The van der Waals surface area contributed by atoms with Crippen molar-refractivity contribution in [3.05, 3.63) is 23.2 Å². The number of alkyl halides is 3. The molecule has 0 aromatic heterocycles. The summed E-state index contributed by atoms with van der Waals surface area (Å²) < 4.78 is 39.5. The van der Waals surface area contributed by atoms with Gasteiger partial charge in [-0.15, -0.1) is 0 Å². The van der Waals surface area contributed by atoms with Crippen LogP contribution in [0.15, 0.2) is 18.2 Å². The van der Waals surface area contributed by atoms with E-state index in [2.05, 4.69) is 21.3 Å². The highest BCUT2D eigenvalue weighted by Crippen LogP contribution is 2.27. The van der Waals surface area contributed by atoms with Crippen molar-refractivity contribution in [1.29, 1.82) is 0 Å². The van der Waals surface area contributed by atoms with Crippen molar-refractivity contribution in [2.75, 3.05) is 36.8 Å². The Morgan fingerprint density at radius 1 is 1.23 bits per heavy atom. The monoisotopic (exact) mass is 447 g/mol. The van der Waals surface area contributed by atoms with E-state index < -0.39 is 36.6 Å². The minimum absolute atomic E-state index is 0.0927. The summed E-state index contributed by atoms with van der Waals surface area (Å²) in [5.41, 5.74) is 0.712. The Morgan fingerprint density at radius 3 is 2.67 bits per heavy atom. The maximum atomic E-state index is 13.2. The van der Waals surface area contributed by atoms with Gasteiger partial charge < -0.3 is 16.0 Å². The Morgan fingerprint density at radius 2 is 1.97 bits per heavy atom. The van der Waals surface area contributed by atoms with Gasteiger partial charge in [-0.2, -0.15) is 13.2 Å². The summed E-state index contributed by atoms with van der Waals surface area (Å²) in [7, 11) is 0. The summed E-state index contributed by atoms with van der Waals surface area (Å²) in [6, 6.07) is 2.14. The molecule has 2 saturated heterocycles. The highest BCUT2D eigenvalue weighted by atomic mass is 35.5. The Bertz CT molecular complexity index is 836. The van der Waals surface area contributed by atoms with Crippen LogP contribution in [0.25, 0.3) is 0 Å². The van der Waals surface area contributed by atoms with Gasteiger partial charge in [0, 0.05) is 42.5 Å². The Labute approximate surface area is 175 Å². The van der Waals surface area contributed by atoms with E-state index in [0.29, 0.717) is 18.7 Å². The molecule has 4 N–H and O–H groups in total. The maximum Gasteiger partial charge on any atom is 0.405 e. The summed E-state index contributed by atoms with van der Waals surface area (Å²) in [4.78, 5) is 36.6. The van der Waals surface area contributed by atoms with Crippen LogP contribution in [-0.4, -0.2) is 67.1 Å². The number of anilines is 2. The van der Waals surface area contributed by atoms with Crippen LogP contribution in [0, 0.1) is 0 Å². The number of amides is 3. The Kier molecular flexibility index (Phi) is 6.84. The van der Waals surface area contributed by atoms with Crippen LogP contribution in [0.2, 0.25) is 5.02 Å². The number of carbonyl (C=O) groups is 3. The van der Waals surface area contributed by atoms with E-state index in [1.807, 2.05) is 0 Å². The third-order valence-electron chi connectivity index (χ3n) is 4.84. The number of piperidine rings is 1. The van der Waals surface area contributed by atoms with E-state index in [1.165, 1.54) is 18.2 Å². The lowest BCUT2D eigenvalue weighted by Gasteiger charge is -2.36. The van der Waals surface area contributed by atoms with Crippen molar-refractivity contribution in [3.63, 3.8) is 0 Å². The molecule has 2 aliphatic heterocycles. The quantitative estimate of drug-likeness (QED) is 0.508. The molecule has 164 valence electrons. The number of nitrogens with zero attached hydrogens (tertiary/aromatic N) is 1. The summed E-state index contributed by atoms with van der Waals surface area (Å²) >= 11 is 6.07. The zero-order valence-corrected chi connectivity index (χ0v) is 16.6. The van der Waals surface area contributed by atoms with Gasteiger partial charge in [0.15, 0.2) is 0 Å². The molecule has 2 atom stereocenters. The van der Waals surface area contributed by atoms with Crippen molar-refractivity contribution < 1.29 is 27.6 Å². The van der Waals surface area contributed by atoms with Gasteiger partial charge in [0.25, 0.3) is 0 Å². The molecule has 3 rings (SSSR count). The standard InChI is InChI=1S/C18H21ClF3N5O3/c19-10-5-11(24-13-1-2-15(28)26-17(13)30)7-12(6-10)25-16(29)9-27-4-3-23-8-14(27)18(20,21)22/h5-7,13-14,23-24H,1-4,8-9H2,(H,25,29)(H,26,28,30)/t13?,14-/m1/s1. The number of benzene rings is 1. The highest BCUT2D eigenvalue weighted by molar-refractivity contribution is 6.31. The van der Waals surface area contributed by atoms with Gasteiger partial charge >= 0.3 is 6.18 Å². The lowest BCUT2D eigenvalue weighted by Crippen LogP contribution is -2.59. The molecule has 3 amide bonds. The van der Waals surface area contributed by atoms with Crippen LogP contribution in [0.3, 0.4) is 0 Å². The average molecular weight is 448 g/mol. The number of nitrogens with one attached hydrogen (secondary N) is 4. The van der Waals surface area contributed by atoms with Gasteiger partial charge in [0.05, 0.1) is 6.54 Å². The lowest BCUT2D eigenvalue weighted by molar-refractivity contribution is -0.187. The van der Waals surface area contributed by atoms with Crippen molar-refractivity contribution in [3.8, 4) is 0 Å². The van der Waals surface area contributed by atoms with Gasteiger partial charge in [-0.1, -0.05) is 11.6 Å². The first kappa shape index (κ1) is 22.3. The van der Waals surface area contributed by atoms with Gasteiger partial charge in [-0.3, -0.25) is 24.6 Å². The topological polar surface area (TPSA) is 103 Å². The van der Waals surface area contributed by atoms with E-state index in [9.17, 15) is 27.6 Å². The molecule has 1 aromatic rings. The highest BCUT2D eigenvalue weighted by Gasteiger charge is 2.45. The van der Waals surface area contributed by atoms with E-state index in [-0.39, 0.29) is 36.1 Å². The second-order valence-corrected chi connectivity index (χ2v) is 7.59. The van der Waals surface area contributed by atoms with Crippen LogP contribution >= 0.6 is 11.6 Å². The molecular weight excluding hydrogens is 427 g/mol. The fraction of sp³-hybridized carbons (Fsp3) is 0.500. The largest absolute Gasteiger partial charge is 0.405 e. The number of hydrogen-bond donors (Lipinski definition) is 4. The SMILES string of the molecule is O=C1CCC(Nc2cc(Cl)cc(NC(=O)CN3CCNC[C@@H]3C(F)(F)F)c2)C(=O)N1. The van der Waals surface area contributed by atoms with Crippen LogP contribution in [0.1, 0.15) is 12.8 Å². The molecule has 2 fully saturated rings. The van der Waals surface area contributed by atoms with Crippen molar-refractivity contribution >= 4 is 40.7 Å². The number of hydrogen-bond acceptors (Lipinski definition) is 6. The summed E-state index contributed by atoms with van der Waals surface area (Å²) in [6.45, 7) is -0.241. The molecule has 0 aliphatic carbocycles. The Balaban J connectivity index is 1.64. The molecule has 2 heterocycles. The number of piperazine rings is 1. The predicted octanol–water partition coefficient (Wildman–Crippen LogP) is 1.33. The Hall–Kier alpha value is -2.37. The molecule has 0 saturated carbocycles. The molecule has 1 aromatic carbocycles. The number of carbonyl (C=O) groups excluding carboxylic acids is 3. The van der Waals surface area contributed by atoms with Gasteiger partial charge in [-0.25, -0.2) is 0 Å². The summed E-state index contributed by atoms with van der Waals surface area (Å²) in [6.07, 6.45) is -3.94. The molecule has 2 aliphatic rings. The number of imide groups is 1. The van der Waals surface area contributed by atoms with Crippen molar-refractivity contribution in [2.45, 2.75) is 31.1 Å². The van der Waals surface area contributed by atoms with Crippen LogP contribution in [0.5, 0.6) is 0 Å². The van der Waals surface area contributed by atoms with Crippen LogP contribution in [0.4, 0.5) is 24.5 Å². The van der Waals surface area contributed by atoms with Gasteiger partial charge in [0.1, 0.15) is 12.1 Å². The van der Waals surface area contributed by atoms with Crippen LogP contribution in [-0.2, 0) is 14.4 Å². The third-order valence-corrected chi connectivity index (χ3v) is 5.06. The maximum absolute atomic E-state index is 13.2. The molecule has 0 spiro atoms. The van der Waals surface area contributed by atoms with E-state index in [1.54, 1.807) is 0 Å². The minimum Gasteiger partial charge on any atom is -0.374 e. The molecule has 8 nitrogen and oxygen atoms in total. The molecule has 0 bridgehead atoms. The van der Waals surface area contributed by atoms with E-state index in [4.69, 9.17) is 11.6 Å². The van der Waals surface area contributed by atoms with E-state index >= 15 is 0 Å². The zero-order valence-electron chi connectivity index (χ0n) is 15.8. The van der Waals surface area contributed by atoms with Crippen molar-refractivity contribution in [1.82, 2.24) is 15.5 Å². The summed E-state index contributed by atoms with van der Waals surface area (Å²) in [5, 5.41) is 10.7. The second kappa shape index (κ2) is 9.19.